The standard InChI is InChI=1S/C16H19N3O/c1-11-15(16(20)17-10-13-8-9-13)12(2)19(18-11)14-6-4-3-5-7-14/h3-7,13H,8-10H2,1-2H3,(H,17,20). The minimum absolute atomic E-state index is 0.00548. The van der Waals surface area contributed by atoms with E-state index < -0.39 is 0 Å². The first-order chi connectivity index (χ1) is 9.66. The lowest BCUT2D eigenvalue weighted by molar-refractivity contribution is 0.0950. The van der Waals surface area contributed by atoms with Crippen molar-refractivity contribution in [3.8, 4) is 5.69 Å². The Morgan fingerprint density at radius 2 is 2.00 bits per heavy atom. The fraction of sp³-hybridized carbons (Fsp3) is 0.375. The van der Waals surface area contributed by atoms with Crippen molar-refractivity contribution in [1.29, 1.82) is 0 Å². The highest BCUT2D eigenvalue weighted by atomic mass is 16.1. The third-order valence-electron chi connectivity index (χ3n) is 3.77. The molecule has 0 saturated heterocycles. The van der Waals surface area contributed by atoms with Crippen LogP contribution in [0.15, 0.2) is 30.3 Å². The minimum Gasteiger partial charge on any atom is -0.352 e. The molecule has 20 heavy (non-hydrogen) atoms. The smallest absolute Gasteiger partial charge is 0.255 e. The fourth-order valence-electron chi connectivity index (χ4n) is 2.44. The Morgan fingerprint density at radius 3 is 2.65 bits per heavy atom. The topological polar surface area (TPSA) is 46.9 Å². The van der Waals surface area contributed by atoms with Crippen molar-refractivity contribution in [2.45, 2.75) is 26.7 Å². The lowest BCUT2D eigenvalue weighted by atomic mass is 10.2. The molecule has 2 aromatic rings. The largest absolute Gasteiger partial charge is 0.352 e. The van der Waals surface area contributed by atoms with E-state index in [0.29, 0.717) is 11.5 Å². The van der Waals surface area contributed by atoms with Crippen LogP contribution >= 0.6 is 0 Å². The third-order valence-corrected chi connectivity index (χ3v) is 3.77. The molecule has 1 heterocycles. The second-order valence-corrected chi connectivity index (χ2v) is 5.45. The van der Waals surface area contributed by atoms with Gasteiger partial charge in [-0.15, -0.1) is 0 Å². The second-order valence-electron chi connectivity index (χ2n) is 5.45. The molecule has 0 bridgehead atoms. The van der Waals surface area contributed by atoms with Gasteiger partial charge in [0.15, 0.2) is 0 Å². The molecule has 0 unspecified atom stereocenters. The number of nitrogens with one attached hydrogen (secondary N) is 1. The maximum atomic E-state index is 12.3. The Balaban J connectivity index is 1.88. The molecule has 1 N–H and O–H groups in total. The van der Waals surface area contributed by atoms with Crippen molar-refractivity contribution >= 4 is 5.91 Å². The van der Waals surface area contributed by atoms with Gasteiger partial charge in [-0.25, -0.2) is 4.68 Å². The van der Waals surface area contributed by atoms with Crippen LogP contribution in [0.4, 0.5) is 0 Å². The van der Waals surface area contributed by atoms with E-state index in [-0.39, 0.29) is 5.91 Å². The monoisotopic (exact) mass is 269 g/mol. The number of nitrogens with zero attached hydrogens (tertiary/aromatic N) is 2. The van der Waals surface area contributed by atoms with Crippen molar-refractivity contribution in [1.82, 2.24) is 15.1 Å². The number of benzene rings is 1. The van der Waals surface area contributed by atoms with Crippen molar-refractivity contribution in [2.24, 2.45) is 5.92 Å². The second kappa shape index (κ2) is 5.12. The zero-order valence-electron chi connectivity index (χ0n) is 11.9. The van der Waals surface area contributed by atoms with Crippen LogP contribution < -0.4 is 5.32 Å². The number of amides is 1. The highest BCUT2D eigenvalue weighted by Crippen LogP contribution is 2.27. The third kappa shape index (κ3) is 2.46. The van der Waals surface area contributed by atoms with Gasteiger partial charge in [-0.2, -0.15) is 5.10 Å². The first-order valence-electron chi connectivity index (χ1n) is 7.06. The molecule has 0 spiro atoms. The summed E-state index contributed by atoms with van der Waals surface area (Å²) in [6, 6.07) is 9.90. The summed E-state index contributed by atoms with van der Waals surface area (Å²) in [6.45, 7) is 4.62. The van der Waals surface area contributed by atoms with Gasteiger partial charge < -0.3 is 5.32 Å². The Morgan fingerprint density at radius 1 is 1.30 bits per heavy atom. The SMILES string of the molecule is Cc1nn(-c2ccccc2)c(C)c1C(=O)NCC1CC1. The van der Waals surface area contributed by atoms with Crippen LogP contribution in [-0.4, -0.2) is 22.2 Å². The van der Waals surface area contributed by atoms with Gasteiger partial charge in [-0.05, 0) is 44.7 Å². The summed E-state index contributed by atoms with van der Waals surface area (Å²) in [7, 11) is 0. The molecule has 3 rings (SSSR count). The fourth-order valence-corrected chi connectivity index (χ4v) is 2.44. The van der Waals surface area contributed by atoms with E-state index in [1.54, 1.807) is 0 Å². The predicted molar refractivity (Wildman–Crippen MR) is 78.1 cm³/mol. The van der Waals surface area contributed by atoms with Gasteiger partial charge in [0.1, 0.15) is 0 Å². The van der Waals surface area contributed by atoms with Gasteiger partial charge >= 0.3 is 0 Å². The summed E-state index contributed by atoms with van der Waals surface area (Å²) in [5.74, 6) is 0.679. The summed E-state index contributed by atoms with van der Waals surface area (Å²) in [4.78, 5) is 12.3. The number of carbonyl (C=O) groups is 1. The Labute approximate surface area is 118 Å². The maximum Gasteiger partial charge on any atom is 0.255 e. The van der Waals surface area contributed by atoms with Gasteiger partial charge in [0.05, 0.1) is 22.6 Å². The van der Waals surface area contributed by atoms with Crippen LogP contribution in [0.2, 0.25) is 0 Å². The highest BCUT2D eigenvalue weighted by molar-refractivity contribution is 5.96. The van der Waals surface area contributed by atoms with E-state index in [2.05, 4.69) is 10.4 Å². The quantitative estimate of drug-likeness (QED) is 0.927. The molecule has 0 radical (unpaired) electrons. The van der Waals surface area contributed by atoms with Crippen LogP contribution in [0.1, 0.15) is 34.6 Å². The molecule has 1 aromatic carbocycles. The van der Waals surface area contributed by atoms with Crippen LogP contribution in [0.25, 0.3) is 5.69 Å². The first-order valence-corrected chi connectivity index (χ1v) is 7.06. The zero-order chi connectivity index (χ0) is 14.1. The molecular formula is C16H19N3O. The summed E-state index contributed by atoms with van der Waals surface area (Å²) < 4.78 is 1.83. The van der Waals surface area contributed by atoms with Gasteiger partial charge in [-0.3, -0.25) is 4.79 Å². The van der Waals surface area contributed by atoms with E-state index in [1.165, 1.54) is 12.8 Å². The van der Waals surface area contributed by atoms with Crippen LogP contribution in [0, 0.1) is 19.8 Å². The van der Waals surface area contributed by atoms with Crippen LogP contribution in [0.5, 0.6) is 0 Å². The number of hydrogen-bond donors (Lipinski definition) is 1. The van der Waals surface area contributed by atoms with E-state index in [4.69, 9.17) is 0 Å². The number of aryl methyl sites for hydroxylation is 1. The summed E-state index contributed by atoms with van der Waals surface area (Å²) in [5, 5.41) is 7.52. The molecule has 0 atom stereocenters. The molecule has 1 saturated carbocycles. The number of para-hydroxylation sites is 1. The van der Waals surface area contributed by atoms with Crippen molar-refractivity contribution in [3.05, 3.63) is 47.3 Å². The molecule has 104 valence electrons. The summed E-state index contributed by atoms with van der Waals surface area (Å²) >= 11 is 0. The average Bonchev–Trinajstić information content (AvgIpc) is 3.23. The molecule has 1 amide bonds. The highest BCUT2D eigenvalue weighted by Gasteiger charge is 2.24. The van der Waals surface area contributed by atoms with Crippen LogP contribution in [-0.2, 0) is 0 Å². The number of rotatable bonds is 4. The minimum atomic E-state index is -0.00548. The van der Waals surface area contributed by atoms with E-state index >= 15 is 0 Å². The predicted octanol–water partition coefficient (Wildman–Crippen LogP) is 2.63. The van der Waals surface area contributed by atoms with Gasteiger partial charge in [0.25, 0.3) is 5.91 Å². The summed E-state index contributed by atoms with van der Waals surface area (Å²) in [5.41, 5.74) is 3.35. The molecule has 1 aliphatic rings. The number of hydrogen-bond acceptors (Lipinski definition) is 2. The van der Waals surface area contributed by atoms with Gasteiger partial charge in [0, 0.05) is 6.54 Å². The molecular weight excluding hydrogens is 250 g/mol. The number of aromatic nitrogens is 2. The van der Waals surface area contributed by atoms with E-state index in [0.717, 1.165) is 23.6 Å². The molecule has 1 fully saturated rings. The van der Waals surface area contributed by atoms with Crippen molar-refractivity contribution in [2.75, 3.05) is 6.54 Å². The maximum absolute atomic E-state index is 12.3. The van der Waals surface area contributed by atoms with Gasteiger partial charge in [-0.1, -0.05) is 18.2 Å². The average molecular weight is 269 g/mol. The zero-order valence-corrected chi connectivity index (χ0v) is 11.9. The normalized spacial score (nSPS) is 14.3. The van der Waals surface area contributed by atoms with Crippen molar-refractivity contribution in [3.63, 3.8) is 0 Å². The molecule has 0 aliphatic heterocycles. The van der Waals surface area contributed by atoms with E-state index in [9.17, 15) is 4.79 Å². The lowest BCUT2D eigenvalue weighted by Gasteiger charge is -2.06. The summed E-state index contributed by atoms with van der Waals surface area (Å²) in [6.07, 6.45) is 2.48. The molecule has 1 aliphatic carbocycles. The first kappa shape index (κ1) is 12.9. The lowest BCUT2D eigenvalue weighted by Crippen LogP contribution is -2.26. The van der Waals surface area contributed by atoms with Crippen molar-refractivity contribution < 1.29 is 4.79 Å². The Kier molecular flexibility index (Phi) is 3.30. The van der Waals surface area contributed by atoms with Gasteiger partial charge in [0.2, 0.25) is 0 Å². The number of carbonyl (C=O) groups excluding carboxylic acids is 1. The molecule has 4 heteroatoms. The van der Waals surface area contributed by atoms with Crippen LogP contribution in [0.3, 0.4) is 0 Å². The molecule has 1 aromatic heterocycles. The Hall–Kier alpha value is -2.10. The molecule has 4 nitrogen and oxygen atoms in total. The Bertz CT molecular complexity index is 627. The van der Waals surface area contributed by atoms with E-state index in [1.807, 2.05) is 48.9 Å².